The van der Waals surface area contributed by atoms with Gasteiger partial charge in [-0.2, -0.15) is 0 Å². The van der Waals surface area contributed by atoms with E-state index >= 15 is 0 Å². The van der Waals surface area contributed by atoms with Gasteiger partial charge in [0.05, 0.1) is 6.61 Å². The maximum Gasteiger partial charge on any atom is 0.351 e. The summed E-state index contributed by atoms with van der Waals surface area (Å²) in [7, 11) is 2.64. The molecular weight excluding hydrogens is 247 g/mol. The summed E-state index contributed by atoms with van der Waals surface area (Å²) >= 11 is 0. The zero-order chi connectivity index (χ0) is 13.6. The molecule has 0 aliphatic carbocycles. The lowest BCUT2D eigenvalue weighted by Crippen LogP contribution is -2.51. The number of carbonyl (C=O) groups excluding carboxylic acids is 1. The van der Waals surface area contributed by atoms with Crippen LogP contribution in [0.4, 0.5) is 0 Å². The number of ether oxygens (including phenoxy) is 2. The number of esters is 1. The number of para-hydroxylation sites is 1. The van der Waals surface area contributed by atoms with Gasteiger partial charge in [-0.3, -0.25) is 0 Å². The molecular formula is C14H21O3P. The van der Waals surface area contributed by atoms with Crippen molar-refractivity contribution in [1.29, 1.82) is 0 Å². The average molecular weight is 268 g/mol. The lowest BCUT2D eigenvalue weighted by molar-refractivity contribution is -0.162. The zero-order valence-corrected chi connectivity index (χ0v) is 12.3. The first-order valence-corrected chi connectivity index (χ1v) is 6.90. The predicted octanol–water partition coefficient (Wildman–Crippen LogP) is 3.04. The van der Waals surface area contributed by atoms with Crippen LogP contribution in [0.15, 0.2) is 30.3 Å². The van der Waals surface area contributed by atoms with E-state index in [-0.39, 0.29) is 11.6 Å². The molecule has 0 saturated heterocycles. The Bertz CT molecular complexity index is 378. The Kier molecular flexibility index (Phi) is 5.61. The van der Waals surface area contributed by atoms with E-state index in [1.807, 2.05) is 44.2 Å². The van der Waals surface area contributed by atoms with Crippen LogP contribution in [-0.2, 0) is 9.53 Å². The molecule has 0 aromatic heterocycles. The van der Waals surface area contributed by atoms with Crippen molar-refractivity contribution in [2.45, 2.75) is 38.5 Å². The van der Waals surface area contributed by atoms with Gasteiger partial charge in [0.1, 0.15) is 5.75 Å². The summed E-state index contributed by atoms with van der Waals surface area (Å²) in [5, 5.41) is 0. The second-order valence-corrected chi connectivity index (χ2v) is 5.17. The summed E-state index contributed by atoms with van der Waals surface area (Å²) in [6.07, 6.45) is 0.561. The Morgan fingerprint density at radius 2 is 1.94 bits per heavy atom. The third kappa shape index (κ3) is 3.23. The number of rotatable bonds is 6. The maximum absolute atomic E-state index is 12.2. The molecule has 0 heterocycles. The van der Waals surface area contributed by atoms with E-state index in [1.54, 1.807) is 6.92 Å². The van der Waals surface area contributed by atoms with Crippen LogP contribution in [0.3, 0.4) is 0 Å². The predicted molar refractivity (Wildman–Crippen MR) is 75.9 cm³/mol. The van der Waals surface area contributed by atoms with Crippen molar-refractivity contribution in [1.82, 2.24) is 0 Å². The van der Waals surface area contributed by atoms with Gasteiger partial charge < -0.3 is 9.47 Å². The summed E-state index contributed by atoms with van der Waals surface area (Å²) in [5.41, 5.74) is -0.982. The minimum absolute atomic E-state index is 0.0400. The van der Waals surface area contributed by atoms with E-state index in [4.69, 9.17) is 9.47 Å². The highest BCUT2D eigenvalue weighted by Crippen LogP contribution is 2.30. The van der Waals surface area contributed by atoms with Crippen LogP contribution in [0.25, 0.3) is 0 Å². The highest BCUT2D eigenvalue weighted by molar-refractivity contribution is 7.17. The van der Waals surface area contributed by atoms with Crippen molar-refractivity contribution in [3.8, 4) is 5.75 Å². The topological polar surface area (TPSA) is 35.5 Å². The molecule has 0 saturated carbocycles. The van der Waals surface area contributed by atoms with Crippen molar-refractivity contribution in [2.75, 3.05) is 6.61 Å². The largest absolute Gasteiger partial charge is 0.475 e. The Balaban J connectivity index is 3.01. The van der Waals surface area contributed by atoms with Gasteiger partial charge in [-0.1, -0.05) is 32.0 Å². The van der Waals surface area contributed by atoms with Gasteiger partial charge in [-0.05, 0) is 25.5 Å². The fourth-order valence-electron chi connectivity index (χ4n) is 1.81. The number of hydrogen-bond acceptors (Lipinski definition) is 3. The number of benzene rings is 1. The number of carbonyl (C=O) groups is 1. The molecule has 0 fully saturated rings. The Morgan fingerprint density at radius 1 is 1.33 bits per heavy atom. The molecule has 0 N–H and O–H groups in total. The summed E-state index contributed by atoms with van der Waals surface area (Å²) in [6.45, 7) is 6.03. The lowest BCUT2D eigenvalue weighted by atomic mass is 9.96. The van der Waals surface area contributed by atoms with Crippen molar-refractivity contribution >= 4 is 15.2 Å². The normalized spacial score (nSPS) is 15.6. The first-order chi connectivity index (χ1) is 8.56. The molecule has 1 rings (SSSR count). The third-order valence-corrected chi connectivity index (χ3v) is 3.46. The first kappa shape index (κ1) is 15.0. The van der Waals surface area contributed by atoms with Crippen LogP contribution in [0.1, 0.15) is 27.2 Å². The monoisotopic (exact) mass is 268 g/mol. The molecule has 4 heteroatoms. The molecule has 0 amide bonds. The van der Waals surface area contributed by atoms with Gasteiger partial charge >= 0.3 is 5.97 Å². The van der Waals surface area contributed by atoms with Crippen LogP contribution in [0, 0.1) is 0 Å². The Hall–Kier alpha value is -1.08. The zero-order valence-electron chi connectivity index (χ0n) is 11.2. The van der Waals surface area contributed by atoms with Crippen molar-refractivity contribution in [3.05, 3.63) is 30.3 Å². The second kappa shape index (κ2) is 6.75. The summed E-state index contributed by atoms with van der Waals surface area (Å²) in [6, 6.07) is 9.37. The molecule has 1 aromatic carbocycles. The SMILES string of the molecule is CCOC(=O)C(CC)(Oc1ccccc1)C(C)P. The first-order valence-electron chi connectivity index (χ1n) is 6.23. The molecule has 0 aliphatic heterocycles. The van der Waals surface area contributed by atoms with E-state index in [1.165, 1.54) is 0 Å². The van der Waals surface area contributed by atoms with E-state index in [0.717, 1.165) is 0 Å². The summed E-state index contributed by atoms with van der Waals surface area (Å²) < 4.78 is 11.1. The van der Waals surface area contributed by atoms with Crippen LogP contribution < -0.4 is 4.74 Å². The number of hydrogen-bond donors (Lipinski definition) is 0. The smallest absolute Gasteiger partial charge is 0.351 e. The summed E-state index contributed by atoms with van der Waals surface area (Å²) in [5.74, 6) is 0.376. The average Bonchev–Trinajstić information content (AvgIpc) is 2.37. The third-order valence-electron chi connectivity index (χ3n) is 2.92. The van der Waals surface area contributed by atoms with E-state index < -0.39 is 5.60 Å². The second-order valence-electron chi connectivity index (χ2n) is 4.17. The van der Waals surface area contributed by atoms with E-state index in [2.05, 4.69) is 9.24 Å². The van der Waals surface area contributed by atoms with Crippen LogP contribution in [-0.4, -0.2) is 23.8 Å². The van der Waals surface area contributed by atoms with Crippen molar-refractivity contribution < 1.29 is 14.3 Å². The fraction of sp³-hybridized carbons (Fsp3) is 0.500. The minimum atomic E-state index is -0.942. The minimum Gasteiger partial charge on any atom is -0.475 e. The molecule has 0 bridgehead atoms. The summed E-state index contributed by atoms with van der Waals surface area (Å²) in [4.78, 5) is 12.2. The Labute approximate surface area is 111 Å². The lowest BCUT2D eigenvalue weighted by Gasteiger charge is -2.34. The van der Waals surface area contributed by atoms with E-state index in [9.17, 15) is 4.79 Å². The van der Waals surface area contributed by atoms with Gasteiger partial charge in [0, 0.05) is 5.66 Å². The van der Waals surface area contributed by atoms with Gasteiger partial charge in [0.2, 0.25) is 5.60 Å². The van der Waals surface area contributed by atoms with E-state index in [0.29, 0.717) is 18.8 Å². The molecule has 0 aliphatic rings. The molecule has 100 valence electrons. The highest BCUT2D eigenvalue weighted by atomic mass is 31.0. The Morgan fingerprint density at radius 3 is 2.39 bits per heavy atom. The molecule has 3 atom stereocenters. The van der Waals surface area contributed by atoms with Gasteiger partial charge in [0.25, 0.3) is 0 Å². The molecule has 18 heavy (non-hydrogen) atoms. The highest BCUT2D eigenvalue weighted by Gasteiger charge is 2.44. The van der Waals surface area contributed by atoms with Crippen LogP contribution in [0.5, 0.6) is 5.75 Å². The molecule has 1 aromatic rings. The quantitative estimate of drug-likeness (QED) is 0.587. The van der Waals surface area contributed by atoms with Gasteiger partial charge in [-0.25, -0.2) is 4.79 Å². The maximum atomic E-state index is 12.2. The van der Waals surface area contributed by atoms with Crippen molar-refractivity contribution in [3.63, 3.8) is 0 Å². The molecule has 0 radical (unpaired) electrons. The van der Waals surface area contributed by atoms with Crippen LogP contribution in [0.2, 0.25) is 0 Å². The molecule has 3 nitrogen and oxygen atoms in total. The standard InChI is InChI=1S/C14H21O3P/c1-4-14(11(3)18,13(15)16-5-2)17-12-9-7-6-8-10-12/h6-11H,4-5,18H2,1-3H3. The van der Waals surface area contributed by atoms with Crippen molar-refractivity contribution in [2.24, 2.45) is 0 Å². The van der Waals surface area contributed by atoms with Crippen LogP contribution >= 0.6 is 9.24 Å². The van der Waals surface area contributed by atoms with Gasteiger partial charge in [-0.15, -0.1) is 9.24 Å². The molecule has 0 spiro atoms. The fourth-order valence-corrected chi connectivity index (χ4v) is 2.25. The molecule has 3 unspecified atom stereocenters. The van der Waals surface area contributed by atoms with Gasteiger partial charge in [0.15, 0.2) is 0 Å².